The molecule has 6 nitrogen and oxygen atoms in total. The molecule has 0 heterocycles. The van der Waals surface area contributed by atoms with E-state index in [1.165, 1.54) is 24.3 Å². The molecule has 0 bridgehead atoms. The number of rotatable bonds is 7. The number of nitro groups is 1. The SMILES string of the molecule is CC(C)NCCCC(=O)Nc1ccc([N+](=O)[O-])cc1. The van der Waals surface area contributed by atoms with Crippen molar-refractivity contribution in [3.63, 3.8) is 0 Å². The van der Waals surface area contributed by atoms with Gasteiger partial charge in [0.1, 0.15) is 0 Å². The number of benzene rings is 1. The van der Waals surface area contributed by atoms with Gasteiger partial charge in [0.05, 0.1) is 4.92 Å². The standard InChI is InChI=1S/C13H19N3O3/c1-10(2)14-9-3-4-13(17)15-11-5-7-12(8-6-11)16(18)19/h5-8,10,14H,3-4,9H2,1-2H3,(H,15,17). The third-order valence-electron chi connectivity index (χ3n) is 2.50. The average molecular weight is 265 g/mol. The van der Waals surface area contributed by atoms with Crippen LogP contribution in [0.1, 0.15) is 26.7 Å². The van der Waals surface area contributed by atoms with Gasteiger partial charge in [-0.15, -0.1) is 0 Å². The first-order valence-corrected chi connectivity index (χ1v) is 6.26. The lowest BCUT2D eigenvalue weighted by Crippen LogP contribution is -2.24. The molecule has 0 aromatic heterocycles. The highest BCUT2D eigenvalue weighted by Gasteiger charge is 2.06. The Hall–Kier alpha value is -1.95. The summed E-state index contributed by atoms with van der Waals surface area (Å²) in [5.74, 6) is -0.0839. The molecule has 0 fully saturated rings. The fraction of sp³-hybridized carbons (Fsp3) is 0.462. The van der Waals surface area contributed by atoms with E-state index in [9.17, 15) is 14.9 Å². The molecule has 0 aliphatic carbocycles. The zero-order valence-electron chi connectivity index (χ0n) is 11.2. The van der Waals surface area contributed by atoms with Gasteiger partial charge in [-0.2, -0.15) is 0 Å². The van der Waals surface area contributed by atoms with Crippen molar-refractivity contribution in [2.45, 2.75) is 32.7 Å². The van der Waals surface area contributed by atoms with Crippen LogP contribution < -0.4 is 10.6 Å². The highest BCUT2D eigenvalue weighted by molar-refractivity contribution is 5.90. The molecule has 2 N–H and O–H groups in total. The van der Waals surface area contributed by atoms with E-state index in [4.69, 9.17) is 0 Å². The molecule has 0 spiro atoms. The molecule has 0 aliphatic rings. The van der Waals surface area contributed by atoms with E-state index >= 15 is 0 Å². The van der Waals surface area contributed by atoms with Gasteiger partial charge in [-0.25, -0.2) is 0 Å². The predicted octanol–water partition coefficient (Wildman–Crippen LogP) is 2.31. The Kier molecular flexibility index (Phi) is 5.95. The minimum absolute atomic E-state index is 0.0131. The Balaban J connectivity index is 2.34. The first kappa shape index (κ1) is 15.1. The molecule has 0 unspecified atom stereocenters. The number of carbonyl (C=O) groups is 1. The van der Waals surface area contributed by atoms with Crippen LogP contribution in [0.2, 0.25) is 0 Å². The topological polar surface area (TPSA) is 84.3 Å². The van der Waals surface area contributed by atoms with E-state index < -0.39 is 4.92 Å². The number of hydrogen-bond acceptors (Lipinski definition) is 4. The van der Waals surface area contributed by atoms with Crippen molar-refractivity contribution in [3.05, 3.63) is 34.4 Å². The predicted molar refractivity (Wildman–Crippen MR) is 74.1 cm³/mol. The number of nitrogens with one attached hydrogen (secondary N) is 2. The lowest BCUT2D eigenvalue weighted by molar-refractivity contribution is -0.384. The highest BCUT2D eigenvalue weighted by Crippen LogP contribution is 2.15. The number of nitro benzene ring substituents is 1. The van der Waals surface area contributed by atoms with Crippen LogP contribution in [-0.4, -0.2) is 23.4 Å². The van der Waals surface area contributed by atoms with Gasteiger partial charge in [0, 0.05) is 30.3 Å². The molecular weight excluding hydrogens is 246 g/mol. The lowest BCUT2D eigenvalue weighted by Gasteiger charge is -2.08. The molecule has 0 saturated heterocycles. The second-order valence-electron chi connectivity index (χ2n) is 4.56. The minimum atomic E-state index is -0.469. The molecule has 0 radical (unpaired) electrons. The van der Waals surface area contributed by atoms with Gasteiger partial charge < -0.3 is 10.6 Å². The van der Waals surface area contributed by atoms with Crippen LogP contribution >= 0.6 is 0 Å². The molecule has 0 saturated carbocycles. The van der Waals surface area contributed by atoms with Crippen molar-refractivity contribution in [1.29, 1.82) is 0 Å². The van der Waals surface area contributed by atoms with Gasteiger partial charge in [0.2, 0.25) is 5.91 Å². The summed E-state index contributed by atoms with van der Waals surface area (Å²) in [5, 5.41) is 16.4. The Labute approximate surface area is 112 Å². The molecule has 1 aromatic rings. The third-order valence-corrected chi connectivity index (χ3v) is 2.50. The maximum absolute atomic E-state index is 11.6. The maximum Gasteiger partial charge on any atom is 0.269 e. The number of non-ortho nitro benzene ring substituents is 1. The van der Waals surface area contributed by atoms with E-state index in [1.54, 1.807) is 0 Å². The van der Waals surface area contributed by atoms with E-state index in [0.717, 1.165) is 13.0 Å². The molecule has 0 aliphatic heterocycles. The van der Waals surface area contributed by atoms with Crippen molar-refractivity contribution in [3.8, 4) is 0 Å². The highest BCUT2D eigenvalue weighted by atomic mass is 16.6. The average Bonchev–Trinajstić information content (AvgIpc) is 2.35. The molecule has 1 aromatic carbocycles. The first-order valence-electron chi connectivity index (χ1n) is 6.26. The summed E-state index contributed by atoms with van der Waals surface area (Å²) in [6.45, 7) is 4.90. The van der Waals surface area contributed by atoms with Crippen LogP contribution in [0.3, 0.4) is 0 Å². The number of amides is 1. The Morgan fingerprint density at radius 3 is 2.47 bits per heavy atom. The fourth-order valence-corrected chi connectivity index (χ4v) is 1.53. The molecule has 1 amide bonds. The molecule has 0 atom stereocenters. The van der Waals surface area contributed by atoms with Crippen molar-refractivity contribution >= 4 is 17.3 Å². The van der Waals surface area contributed by atoms with Gasteiger partial charge in [0.25, 0.3) is 5.69 Å². The largest absolute Gasteiger partial charge is 0.326 e. The van der Waals surface area contributed by atoms with Crippen LogP contribution in [0.5, 0.6) is 0 Å². The van der Waals surface area contributed by atoms with Crippen molar-refractivity contribution < 1.29 is 9.72 Å². The van der Waals surface area contributed by atoms with Crippen LogP contribution in [0, 0.1) is 10.1 Å². The third kappa shape index (κ3) is 5.96. The Morgan fingerprint density at radius 2 is 1.95 bits per heavy atom. The monoisotopic (exact) mass is 265 g/mol. The quantitative estimate of drug-likeness (QED) is 0.450. The van der Waals surface area contributed by atoms with Crippen LogP contribution in [0.15, 0.2) is 24.3 Å². The van der Waals surface area contributed by atoms with E-state index in [2.05, 4.69) is 24.5 Å². The lowest BCUT2D eigenvalue weighted by atomic mass is 10.2. The summed E-state index contributed by atoms with van der Waals surface area (Å²) in [6.07, 6.45) is 1.19. The molecule has 1 rings (SSSR count). The van der Waals surface area contributed by atoms with Crippen molar-refractivity contribution in [1.82, 2.24) is 5.32 Å². The van der Waals surface area contributed by atoms with Crippen LogP contribution in [0.25, 0.3) is 0 Å². The van der Waals surface area contributed by atoms with Crippen LogP contribution in [-0.2, 0) is 4.79 Å². The fourth-order valence-electron chi connectivity index (χ4n) is 1.53. The summed E-state index contributed by atoms with van der Waals surface area (Å²) in [6, 6.07) is 6.22. The van der Waals surface area contributed by atoms with Crippen molar-refractivity contribution in [2.24, 2.45) is 0 Å². The summed E-state index contributed by atoms with van der Waals surface area (Å²) in [4.78, 5) is 21.6. The van der Waals surface area contributed by atoms with Crippen molar-refractivity contribution in [2.75, 3.05) is 11.9 Å². The summed E-state index contributed by atoms with van der Waals surface area (Å²) >= 11 is 0. The summed E-state index contributed by atoms with van der Waals surface area (Å²) < 4.78 is 0. The molecular formula is C13H19N3O3. The second-order valence-corrected chi connectivity index (χ2v) is 4.56. The molecule has 19 heavy (non-hydrogen) atoms. The molecule has 6 heteroatoms. The molecule has 104 valence electrons. The van der Waals surface area contributed by atoms with E-state index in [-0.39, 0.29) is 11.6 Å². The van der Waals surface area contributed by atoms with E-state index in [1.807, 2.05) is 0 Å². The normalized spacial score (nSPS) is 10.5. The maximum atomic E-state index is 11.6. The van der Waals surface area contributed by atoms with Gasteiger partial charge in [0.15, 0.2) is 0 Å². The Morgan fingerprint density at radius 1 is 1.32 bits per heavy atom. The zero-order valence-corrected chi connectivity index (χ0v) is 11.2. The first-order chi connectivity index (χ1) is 8.99. The number of hydrogen-bond donors (Lipinski definition) is 2. The number of nitrogens with zero attached hydrogens (tertiary/aromatic N) is 1. The zero-order chi connectivity index (χ0) is 14.3. The van der Waals surface area contributed by atoms with Gasteiger partial charge in [-0.1, -0.05) is 13.8 Å². The number of anilines is 1. The number of carbonyl (C=O) groups excluding carboxylic acids is 1. The van der Waals surface area contributed by atoms with Gasteiger partial charge >= 0.3 is 0 Å². The van der Waals surface area contributed by atoms with Gasteiger partial charge in [-0.05, 0) is 25.1 Å². The minimum Gasteiger partial charge on any atom is -0.326 e. The smallest absolute Gasteiger partial charge is 0.269 e. The second kappa shape index (κ2) is 7.48. The summed E-state index contributed by atoms with van der Waals surface area (Å²) in [5.41, 5.74) is 0.589. The van der Waals surface area contributed by atoms with Crippen LogP contribution in [0.4, 0.5) is 11.4 Å². The summed E-state index contributed by atoms with van der Waals surface area (Å²) in [7, 11) is 0. The van der Waals surface area contributed by atoms with Gasteiger partial charge in [-0.3, -0.25) is 14.9 Å². The Bertz CT molecular complexity index is 429. The van der Waals surface area contributed by atoms with E-state index in [0.29, 0.717) is 18.2 Å².